The maximum Gasteiger partial charge on any atom is 0.259 e. The van der Waals surface area contributed by atoms with Gasteiger partial charge in [-0.2, -0.15) is 0 Å². The second-order valence-corrected chi connectivity index (χ2v) is 7.05. The van der Waals surface area contributed by atoms with Crippen LogP contribution in [-0.4, -0.2) is 4.57 Å². The van der Waals surface area contributed by atoms with Crippen LogP contribution in [0.4, 0.5) is 0 Å². The molecule has 0 fully saturated rings. The molecule has 1 heterocycles. The lowest BCUT2D eigenvalue weighted by molar-refractivity contribution is 0.306. The highest BCUT2D eigenvalue weighted by Gasteiger charge is 2.13. The molecular formula is C27H23NO2. The van der Waals surface area contributed by atoms with E-state index < -0.39 is 0 Å². The van der Waals surface area contributed by atoms with E-state index in [1.165, 1.54) is 0 Å². The molecule has 4 rings (SSSR count). The summed E-state index contributed by atoms with van der Waals surface area (Å²) in [6.07, 6.45) is 3.53. The highest BCUT2D eigenvalue weighted by Crippen LogP contribution is 2.30. The highest BCUT2D eigenvalue weighted by molar-refractivity contribution is 5.87. The first-order valence-electron chi connectivity index (χ1n) is 9.88. The smallest absolute Gasteiger partial charge is 0.259 e. The average molecular weight is 393 g/mol. The highest BCUT2D eigenvalue weighted by atomic mass is 16.5. The molecule has 0 spiro atoms. The van der Waals surface area contributed by atoms with E-state index in [1.807, 2.05) is 78.9 Å². The Bertz CT molecular complexity index is 1270. The van der Waals surface area contributed by atoms with Gasteiger partial charge in [-0.3, -0.25) is 4.79 Å². The predicted molar refractivity (Wildman–Crippen MR) is 125 cm³/mol. The summed E-state index contributed by atoms with van der Waals surface area (Å²) in [5.41, 5.74) is 3.76. The number of hydrogen-bond acceptors (Lipinski definition) is 2. The van der Waals surface area contributed by atoms with Gasteiger partial charge in [-0.15, -0.1) is 6.58 Å². The molecule has 0 radical (unpaired) electrons. The minimum atomic E-state index is -0.0255. The number of fused-ring (bicyclic) bond motifs is 1. The fourth-order valence-corrected chi connectivity index (χ4v) is 3.60. The number of hydrogen-bond donors (Lipinski definition) is 0. The third-order valence-corrected chi connectivity index (χ3v) is 5.10. The Hall–Kier alpha value is -3.85. The molecule has 0 bridgehead atoms. The third kappa shape index (κ3) is 3.83. The predicted octanol–water partition coefficient (Wildman–Crippen LogP) is 6.08. The van der Waals surface area contributed by atoms with Crippen LogP contribution in [0.5, 0.6) is 5.75 Å². The van der Waals surface area contributed by atoms with Gasteiger partial charge in [0, 0.05) is 17.5 Å². The SMILES string of the molecule is C=CCn1c(-c2ccc(OCc3ccccc3)cc2C=C)cc2ccccc2c1=O. The van der Waals surface area contributed by atoms with Crippen LogP contribution in [0.15, 0.2) is 103 Å². The molecule has 0 aliphatic carbocycles. The van der Waals surface area contributed by atoms with Crippen LogP contribution in [0.2, 0.25) is 0 Å². The molecule has 30 heavy (non-hydrogen) atoms. The van der Waals surface area contributed by atoms with Crippen molar-refractivity contribution in [3.63, 3.8) is 0 Å². The van der Waals surface area contributed by atoms with Crippen molar-refractivity contribution in [2.24, 2.45) is 0 Å². The lowest BCUT2D eigenvalue weighted by atomic mass is 10.0. The molecule has 3 aromatic carbocycles. The van der Waals surface area contributed by atoms with Gasteiger partial charge in [-0.05, 0) is 46.8 Å². The average Bonchev–Trinajstić information content (AvgIpc) is 2.80. The van der Waals surface area contributed by atoms with E-state index in [9.17, 15) is 4.79 Å². The fourth-order valence-electron chi connectivity index (χ4n) is 3.60. The van der Waals surface area contributed by atoms with Crippen molar-refractivity contribution >= 4 is 16.8 Å². The topological polar surface area (TPSA) is 31.2 Å². The molecule has 148 valence electrons. The van der Waals surface area contributed by atoms with Gasteiger partial charge in [0.2, 0.25) is 0 Å². The van der Waals surface area contributed by atoms with Crippen LogP contribution in [0.25, 0.3) is 28.1 Å². The van der Waals surface area contributed by atoms with E-state index in [-0.39, 0.29) is 5.56 Å². The van der Waals surface area contributed by atoms with E-state index in [1.54, 1.807) is 16.7 Å². The molecular weight excluding hydrogens is 370 g/mol. The number of nitrogens with zero attached hydrogens (tertiary/aromatic N) is 1. The van der Waals surface area contributed by atoms with Gasteiger partial charge < -0.3 is 9.30 Å². The van der Waals surface area contributed by atoms with E-state index >= 15 is 0 Å². The van der Waals surface area contributed by atoms with Crippen LogP contribution < -0.4 is 10.3 Å². The first kappa shape index (κ1) is 19.5. The van der Waals surface area contributed by atoms with Gasteiger partial charge in [-0.1, -0.05) is 67.3 Å². The summed E-state index contributed by atoms with van der Waals surface area (Å²) in [7, 11) is 0. The van der Waals surface area contributed by atoms with Crippen molar-refractivity contribution in [1.82, 2.24) is 4.57 Å². The molecule has 4 aromatic rings. The minimum absolute atomic E-state index is 0.0255. The normalized spacial score (nSPS) is 10.7. The van der Waals surface area contributed by atoms with Crippen molar-refractivity contribution in [3.05, 3.63) is 120 Å². The van der Waals surface area contributed by atoms with Crippen LogP contribution in [0, 0.1) is 0 Å². The Morgan fingerprint density at radius 1 is 0.900 bits per heavy atom. The molecule has 3 heteroatoms. The number of allylic oxidation sites excluding steroid dienone is 1. The summed E-state index contributed by atoms with van der Waals surface area (Å²) in [5.74, 6) is 0.760. The minimum Gasteiger partial charge on any atom is -0.489 e. The van der Waals surface area contributed by atoms with Gasteiger partial charge in [0.25, 0.3) is 5.56 Å². The molecule has 0 atom stereocenters. The molecule has 1 aromatic heterocycles. The Kier molecular flexibility index (Phi) is 5.62. The summed E-state index contributed by atoms with van der Waals surface area (Å²) in [5, 5.41) is 1.61. The van der Waals surface area contributed by atoms with Gasteiger partial charge >= 0.3 is 0 Å². The number of ether oxygens (including phenoxy) is 1. The van der Waals surface area contributed by atoms with Crippen molar-refractivity contribution in [1.29, 1.82) is 0 Å². The summed E-state index contributed by atoms with van der Waals surface area (Å²) in [6, 6.07) is 25.6. The quantitative estimate of drug-likeness (QED) is 0.357. The Balaban J connectivity index is 1.77. The molecule has 0 aliphatic rings. The van der Waals surface area contributed by atoms with Crippen molar-refractivity contribution in [2.75, 3.05) is 0 Å². The molecule has 3 nitrogen and oxygen atoms in total. The van der Waals surface area contributed by atoms with E-state index in [2.05, 4.69) is 13.2 Å². The summed E-state index contributed by atoms with van der Waals surface area (Å²) < 4.78 is 7.72. The maximum atomic E-state index is 13.1. The third-order valence-electron chi connectivity index (χ3n) is 5.10. The number of aromatic nitrogens is 1. The largest absolute Gasteiger partial charge is 0.489 e. The fraction of sp³-hybridized carbons (Fsp3) is 0.0741. The first-order valence-corrected chi connectivity index (χ1v) is 9.88. The maximum absolute atomic E-state index is 13.1. The van der Waals surface area contributed by atoms with Gasteiger partial charge in [0.1, 0.15) is 12.4 Å². The Morgan fingerprint density at radius 3 is 2.43 bits per heavy atom. The van der Waals surface area contributed by atoms with E-state index in [0.29, 0.717) is 18.5 Å². The molecule has 0 amide bonds. The summed E-state index contributed by atoms with van der Waals surface area (Å²) >= 11 is 0. The monoisotopic (exact) mass is 393 g/mol. The van der Waals surface area contributed by atoms with Crippen LogP contribution >= 0.6 is 0 Å². The van der Waals surface area contributed by atoms with Crippen LogP contribution in [0.3, 0.4) is 0 Å². The molecule has 0 saturated heterocycles. The molecule has 0 unspecified atom stereocenters. The lowest BCUT2D eigenvalue weighted by Gasteiger charge is -2.16. The van der Waals surface area contributed by atoms with Crippen LogP contribution in [0.1, 0.15) is 11.1 Å². The lowest BCUT2D eigenvalue weighted by Crippen LogP contribution is -2.21. The standard InChI is InChI=1S/C27H23NO2/c1-3-16-28-26(18-22-12-8-9-13-25(22)27(28)29)24-15-14-23(17-21(24)4-2)30-19-20-10-6-5-7-11-20/h3-15,17-18H,1-2,16,19H2. The Labute approximate surface area is 176 Å². The second kappa shape index (κ2) is 8.66. The summed E-state index contributed by atoms with van der Waals surface area (Å²) in [6.45, 7) is 8.72. The van der Waals surface area contributed by atoms with E-state index in [0.717, 1.165) is 33.5 Å². The van der Waals surface area contributed by atoms with Gasteiger partial charge in [0.05, 0.1) is 5.69 Å². The van der Waals surface area contributed by atoms with Crippen molar-refractivity contribution < 1.29 is 4.74 Å². The number of benzene rings is 3. The molecule has 0 aliphatic heterocycles. The van der Waals surface area contributed by atoms with Gasteiger partial charge in [0.15, 0.2) is 0 Å². The van der Waals surface area contributed by atoms with Crippen molar-refractivity contribution in [3.8, 4) is 17.0 Å². The second-order valence-electron chi connectivity index (χ2n) is 7.05. The first-order chi connectivity index (χ1) is 14.7. The zero-order chi connectivity index (χ0) is 20.9. The summed E-state index contributed by atoms with van der Waals surface area (Å²) in [4.78, 5) is 13.1. The Morgan fingerprint density at radius 2 is 1.67 bits per heavy atom. The zero-order valence-corrected chi connectivity index (χ0v) is 16.8. The number of rotatable bonds is 7. The van der Waals surface area contributed by atoms with E-state index in [4.69, 9.17) is 4.74 Å². The van der Waals surface area contributed by atoms with Crippen LogP contribution in [-0.2, 0) is 13.2 Å². The number of pyridine rings is 1. The molecule has 0 N–H and O–H groups in total. The van der Waals surface area contributed by atoms with Gasteiger partial charge in [-0.25, -0.2) is 0 Å². The molecule has 0 saturated carbocycles. The zero-order valence-electron chi connectivity index (χ0n) is 16.8. The van der Waals surface area contributed by atoms with Crippen molar-refractivity contribution in [2.45, 2.75) is 13.2 Å².